The largest absolute Gasteiger partial charge is 0.493 e. The zero-order valence-electron chi connectivity index (χ0n) is 14.7. The molecule has 0 aliphatic heterocycles. The molecule has 1 aromatic carbocycles. The third-order valence-corrected chi connectivity index (χ3v) is 3.47. The minimum atomic E-state index is -0.700. The van der Waals surface area contributed by atoms with Crippen LogP contribution in [-0.2, 0) is 16.1 Å². The molecule has 8 heteroatoms. The van der Waals surface area contributed by atoms with Crippen LogP contribution in [0.1, 0.15) is 30.0 Å². The summed E-state index contributed by atoms with van der Waals surface area (Å²) in [6.07, 6.45) is 1.39. The van der Waals surface area contributed by atoms with Crippen molar-refractivity contribution in [2.24, 2.45) is 0 Å². The van der Waals surface area contributed by atoms with Gasteiger partial charge in [0.15, 0.2) is 18.1 Å². The number of carbonyl (C=O) groups excluding carboxylic acids is 2. The van der Waals surface area contributed by atoms with E-state index in [0.29, 0.717) is 17.3 Å². The van der Waals surface area contributed by atoms with Crippen LogP contribution in [-0.4, -0.2) is 31.7 Å². The van der Waals surface area contributed by atoms with Crippen LogP contribution >= 0.6 is 11.6 Å². The maximum absolute atomic E-state index is 12.2. The molecule has 2 rings (SSSR count). The van der Waals surface area contributed by atoms with Gasteiger partial charge in [-0.15, -0.1) is 0 Å². The van der Waals surface area contributed by atoms with Crippen LogP contribution in [0.5, 0.6) is 11.5 Å². The highest BCUT2D eigenvalue weighted by molar-refractivity contribution is 6.32. The van der Waals surface area contributed by atoms with Gasteiger partial charge in [0.05, 0.1) is 36.6 Å². The van der Waals surface area contributed by atoms with Gasteiger partial charge in [-0.2, -0.15) is 0 Å². The molecule has 0 radical (unpaired) electrons. The summed E-state index contributed by atoms with van der Waals surface area (Å²) in [5.74, 6) is 0.0984. The number of hydrogen-bond donors (Lipinski definition) is 1. The number of halogens is 1. The third kappa shape index (κ3) is 5.42. The molecule has 1 amide bonds. The number of benzene rings is 1. The molecule has 1 aromatic heterocycles. The van der Waals surface area contributed by atoms with E-state index in [0.717, 1.165) is 0 Å². The summed E-state index contributed by atoms with van der Waals surface area (Å²) in [5, 5.41) is 2.79. The third-order valence-electron chi connectivity index (χ3n) is 3.19. The first kappa shape index (κ1) is 19.7. The highest BCUT2D eigenvalue weighted by Gasteiger charge is 2.18. The molecule has 140 valence electrons. The van der Waals surface area contributed by atoms with Crippen molar-refractivity contribution in [3.63, 3.8) is 0 Å². The second-order valence-electron chi connectivity index (χ2n) is 5.59. The summed E-state index contributed by atoms with van der Waals surface area (Å²) in [7, 11) is 1.44. The molecule has 0 aliphatic carbocycles. The van der Waals surface area contributed by atoms with Crippen molar-refractivity contribution < 1.29 is 28.2 Å². The van der Waals surface area contributed by atoms with Gasteiger partial charge in [-0.25, -0.2) is 4.79 Å². The Bertz CT molecular complexity index is 757. The van der Waals surface area contributed by atoms with Gasteiger partial charge >= 0.3 is 5.97 Å². The fourth-order valence-electron chi connectivity index (χ4n) is 2.05. The number of methoxy groups -OCH3 is 1. The lowest BCUT2D eigenvalue weighted by Crippen LogP contribution is -2.28. The molecule has 0 saturated carbocycles. The van der Waals surface area contributed by atoms with E-state index >= 15 is 0 Å². The Kier molecular flexibility index (Phi) is 6.91. The molecule has 1 heterocycles. The number of ether oxygens (including phenoxy) is 3. The maximum atomic E-state index is 12.2. The first-order valence-corrected chi connectivity index (χ1v) is 8.29. The van der Waals surface area contributed by atoms with Crippen LogP contribution in [0.25, 0.3) is 0 Å². The maximum Gasteiger partial charge on any atom is 0.338 e. The Morgan fingerprint density at radius 2 is 2.08 bits per heavy atom. The SMILES string of the molecule is COc1cc(C(=O)OCC(=O)NCc2ccco2)cc(Cl)c1OC(C)C. The monoisotopic (exact) mass is 381 g/mol. The highest BCUT2D eigenvalue weighted by Crippen LogP contribution is 2.37. The first-order chi connectivity index (χ1) is 12.4. The smallest absolute Gasteiger partial charge is 0.338 e. The van der Waals surface area contributed by atoms with Gasteiger partial charge in [-0.05, 0) is 38.1 Å². The van der Waals surface area contributed by atoms with Gasteiger partial charge in [-0.3, -0.25) is 4.79 Å². The van der Waals surface area contributed by atoms with Crippen molar-refractivity contribution in [3.05, 3.63) is 46.9 Å². The number of furan rings is 1. The molecule has 0 aliphatic rings. The second kappa shape index (κ2) is 9.15. The summed E-state index contributed by atoms with van der Waals surface area (Å²) < 4.78 is 20.9. The van der Waals surface area contributed by atoms with Crippen LogP contribution < -0.4 is 14.8 Å². The number of carbonyl (C=O) groups is 2. The van der Waals surface area contributed by atoms with E-state index in [1.807, 2.05) is 13.8 Å². The van der Waals surface area contributed by atoms with Gasteiger partial charge in [-0.1, -0.05) is 11.6 Å². The van der Waals surface area contributed by atoms with Crippen LogP contribution in [0.2, 0.25) is 5.02 Å². The van der Waals surface area contributed by atoms with E-state index in [1.54, 1.807) is 12.1 Å². The number of esters is 1. The molecule has 26 heavy (non-hydrogen) atoms. The molecule has 0 bridgehead atoms. The zero-order chi connectivity index (χ0) is 19.1. The first-order valence-electron chi connectivity index (χ1n) is 7.91. The van der Waals surface area contributed by atoms with Gasteiger partial charge in [0.1, 0.15) is 5.76 Å². The Morgan fingerprint density at radius 3 is 2.69 bits per heavy atom. The second-order valence-corrected chi connectivity index (χ2v) is 6.00. The van der Waals surface area contributed by atoms with Crippen LogP contribution in [0.15, 0.2) is 34.9 Å². The van der Waals surface area contributed by atoms with Gasteiger partial charge in [0.25, 0.3) is 5.91 Å². The zero-order valence-corrected chi connectivity index (χ0v) is 15.5. The molecule has 0 unspecified atom stereocenters. The molecule has 0 spiro atoms. The lowest BCUT2D eigenvalue weighted by Gasteiger charge is -2.16. The molecule has 0 fully saturated rings. The van der Waals surface area contributed by atoms with Crippen molar-refractivity contribution in [3.8, 4) is 11.5 Å². The van der Waals surface area contributed by atoms with Crippen molar-refractivity contribution in [1.29, 1.82) is 0 Å². The summed E-state index contributed by atoms with van der Waals surface area (Å²) in [5.41, 5.74) is 0.154. The van der Waals surface area contributed by atoms with Gasteiger partial charge < -0.3 is 23.9 Å². The Labute approximate surface area is 156 Å². The van der Waals surface area contributed by atoms with Crippen molar-refractivity contribution in [2.45, 2.75) is 26.5 Å². The average molecular weight is 382 g/mol. The Balaban J connectivity index is 1.96. The Hall–Kier alpha value is -2.67. The van der Waals surface area contributed by atoms with Crippen molar-refractivity contribution in [2.75, 3.05) is 13.7 Å². The standard InChI is InChI=1S/C18H20ClNO6/c1-11(2)26-17-14(19)7-12(8-15(17)23-3)18(22)25-10-16(21)20-9-13-5-4-6-24-13/h4-8,11H,9-10H2,1-3H3,(H,20,21). The molecule has 2 aromatic rings. The quantitative estimate of drug-likeness (QED) is 0.706. The van der Waals surface area contributed by atoms with E-state index in [4.69, 9.17) is 30.2 Å². The molecule has 0 saturated heterocycles. The predicted molar refractivity (Wildman–Crippen MR) is 94.6 cm³/mol. The number of amides is 1. The number of hydrogen-bond acceptors (Lipinski definition) is 6. The molecular formula is C18H20ClNO6. The fourth-order valence-corrected chi connectivity index (χ4v) is 2.31. The molecule has 1 N–H and O–H groups in total. The minimum Gasteiger partial charge on any atom is -0.493 e. The van der Waals surface area contributed by atoms with Gasteiger partial charge in [0.2, 0.25) is 0 Å². The van der Waals surface area contributed by atoms with E-state index in [9.17, 15) is 9.59 Å². The van der Waals surface area contributed by atoms with E-state index in [2.05, 4.69) is 5.32 Å². The van der Waals surface area contributed by atoms with Crippen molar-refractivity contribution >= 4 is 23.5 Å². The summed E-state index contributed by atoms with van der Waals surface area (Å²) in [6, 6.07) is 6.30. The fraction of sp³-hybridized carbons (Fsp3) is 0.333. The highest BCUT2D eigenvalue weighted by atomic mass is 35.5. The molecule has 7 nitrogen and oxygen atoms in total. The van der Waals surface area contributed by atoms with Crippen LogP contribution in [0.4, 0.5) is 0 Å². The van der Waals surface area contributed by atoms with E-state index in [-0.39, 0.29) is 23.2 Å². The average Bonchev–Trinajstić information content (AvgIpc) is 3.12. The predicted octanol–water partition coefficient (Wildman–Crippen LogP) is 3.20. The lowest BCUT2D eigenvalue weighted by atomic mass is 10.2. The van der Waals surface area contributed by atoms with Gasteiger partial charge in [0, 0.05) is 0 Å². The Morgan fingerprint density at radius 1 is 1.31 bits per heavy atom. The van der Waals surface area contributed by atoms with E-state index in [1.165, 1.54) is 25.5 Å². The summed E-state index contributed by atoms with van der Waals surface area (Å²) in [6.45, 7) is 3.48. The van der Waals surface area contributed by atoms with Crippen LogP contribution in [0, 0.1) is 0 Å². The topological polar surface area (TPSA) is 87.0 Å². The number of nitrogens with one attached hydrogen (secondary N) is 1. The normalized spacial score (nSPS) is 10.5. The number of rotatable bonds is 8. The summed E-state index contributed by atoms with van der Waals surface area (Å²) >= 11 is 6.17. The molecular weight excluding hydrogens is 362 g/mol. The van der Waals surface area contributed by atoms with Crippen LogP contribution in [0.3, 0.4) is 0 Å². The van der Waals surface area contributed by atoms with E-state index < -0.39 is 18.5 Å². The minimum absolute atomic E-state index is 0.114. The summed E-state index contributed by atoms with van der Waals surface area (Å²) in [4.78, 5) is 23.9. The lowest BCUT2D eigenvalue weighted by molar-refractivity contribution is -0.124. The molecule has 0 atom stereocenters. The van der Waals surface area contributed by atoms with Crippen molar-refractivity contribution in [1.82, 2.24) is 5.32 Å².